The average molecular weight is 286 g/mol. The van der Waals surface area contributed by atoms with Crippen LogP contribution < -0.4 is 4.74 Å². The van der Waals surface area contributed by atoms with Crippen molar-refractivity contribution in [1.82, 2.24) is 4.98 Å². The number of aromatic nitrogens is 1. The normalized spacial score (nSPS) is 10.6. The fraction of sp³-hybridized carbons (Fsp3) is 0.167. The smallest absolute Gasteiger partial charge is 0.339 e. The van der Waals surface area contributed by atoms with Crippen molar-refractivity contribution in [2.75, 3.05) is 7.11 Å². The average Bonchev–Trinajstić information content (AvgIpc) is 2.36. The number of rotatable bonds is 3. The van der Waals surface area contributed by atoms with Gasteiger partial charge >= 0.3 is 5.97 Å². The summed E-state index contributed by atoms with van der Waals surface area (Å²) in [4.78, 5) is 15.2. The van der Waals surface area contributed by atoms with Crippen molar-refractivity contribution in [3.8, 4) is 5.75 Å². The number of carboxylic acid groups (broad SMARTS) is 1. The standard InChI is InChI=1S/C12H9Cl2NO3/c1-18-6-2-3-9-7(4-6)8(5-13)10(12(16)17)11(14)15-9/h2-4H,5H2,1H3,(H,16,17). The second kappa shape index (κ2) is 5.00. The molecule has 0 atom stereocenters. The Hall–Kier alpha value is -1.52. The summed E-state index contributed by atoms with van der Waals surface area (Å²) in [5.74, 6) is -0.504. The van der Waals surface area contributed by atoms with Crippen molar-refractivity contribution >= 4 is 40.1 Å². The minimum absolute atomic E-state index is 0.0353. The number of alkyl halides is 1. The lowest BCUT2D eigenvalue weighted by atomic mass is 10.0. The number of carbonyl (C=O) groups is 1. The topological polar surface area (TPSA) is 59.4 Å². The predicted octanol–water partition coefficient (Wildman–Crippen LogP) is 3.33. The Morgan fingerprint density at radius 2 is 2.22 bits per heavy atom. The number of pyridine rings is 1. The number of halogens is 2. The summed E-state index contributed by atoms with van der Waals surface area (Å²) < 4.78 is 5.10. The van der Waals surface area contributed by atoms with E-state index in [0.717, 1.165) is 0 Å². The van der Waals surface area contributed by atoms with Gasteiger partial charge in [0.2, 0.25) is 0 Å². The molecule has 0 radical (unpaired) electrons. The lowest BCUT2D eigenvalue weighted by Crippen LogP contribution is -2.05. The van der Waals surface area contributed by atoms with E-state index >= 15 is 0 Å². The van der Waals surface area contributed by atoms with Crippen molar-refractivity contribution < 1.29 is 14.6 Å². The quantitative estimate of drug-likeness (QED) is 0.694. The SMILES string of the molecule is COc1ccc2nc(Cl)c(C(=O)O)c(CCl)c2c1. The summed E-state index contributed by atoms with van der Waals surface area (Å²) in [7, 11) is 1.53. The molecule has 6 heteroatoms. The van der Waals surface area contributed by atoms with Gasteiger partial charge < -0.3 is 9.84 Å². The molecule has 1 heterocycles. The molecule has 18 heavy (non-hydrogen) atoms. The molecule has 2 aromatic rings. The van der Waals surface area contributed by atoms with E-state index in [1.807, 2.05) is 0 Å². The summed E-state index contributed by atoms with van der Waals surface area (Å²) in [6.07, 6.45) is 0. The molecule has 0 spiro atoms. The number of aromatic carboxylic acids is 1. The van der Waals surface area contributed by atoms with Gasteiger partial charge in [0.15, 0.2) is 0 Å². The highest BCUT2D eigenvalue weighted by Crippen LogP contribution is 2.30. The van der Waals surface area contributed by atoms with Crippen LogP contribution in [0, 0.1) is 0 Å². The molecule has 1 aromatic heterocycles. The Bertz CT molecular complexity index is 628. The number of methoxy groups -OCH3 is 1. The van der Waals surface area contributed by atoms with Gasteiger partial charge in [-0.3, -0.25) is 0 Å². The highest BCUT2D eigenvalue weighted by atomic mass is 35.5. The van der Waals surface area contributed by atoms with Crippen LogP contribution in [0.15, 0.2) is 18.2 Å². The molecule has 0 unspecified atom stereocenters. The maximum Gasteiger partial charge on any atom is 0.339 e. The first kappa shape index (κ1) is 12.9. The molecule has 0 amide bonds. The molecule has 1 aromatic carbocycles. The van der Waals surface area contributed by atoms with Crippen molar-refractivity contribution in [3.05, 3.63) is 34.5 Å². The van der Waals surface area contributed by atoms with Crippen LogP contribution in [0.1, 0.15) is 15.9 Å². The van der Waals surface area contributed by atoms with Crippen LogP contribution >= 0.6 is 23.2 Å². The van der Waals surface area contributed by atoms with Crippen LogP contribution in [0.5, 0.6) is 5.75 Å². The van der Waals surface area contributed by atoms with Crippen LogP contribution in [0.4, 0.5) is 0 Å². The zero-order valence-electron chi connectivity index (χ0n) is 9.41. The molecule has 0 aliphatic rings. The van der Waals surface area contributed by atoms with E-state index in [0.29, 0.717) is 22.2 Å². The van der Waals surface area contributed by atoms with Gasteiger partial charge in [0.1, 0.15) is 16.5 Å². The third-order valence-corrected chi connectivity index (χ3v) is 3.14. The second-order valence-corrected chi connectivity index (χ2v) is 4.20. The Morgan fingerprint density at radius 1 is 1.50 bits per heavy atom. The zero-order chi connectivity index (χ0) is 13.3. The number of ether oxygens (including phenoxy) is 1. The molecule has 0 bridgehead atoms. The van der Waals surface area contributed by atoms with Gasteiger partial charge in [-0.2, -0.15) is 0 Å². The van der Waals surface area contributed by atoms with E-state index in [1.165, 1.54) is 7.11 Å². The summed E-state index contributed by atoms with van der Waals surface area (Å²) in [5.41, 5.74) is 0.965. The highest BCUT2D eigenvalue weighted by molar-refractivity contribution is 6.33. The number of hydrogen-bond donors (Lipinski definition) is 1. The molecule has 0 saturated heterocycles. The Labute approximate surface area is 113 Å². The van der Waals surface area contributed by atoms with Gasteiger partial charge in [-0.15, -0.1) is 11.6 Å². The van der Waals surface area contributed by atoms with Gasteiger partial charge in [0.05, 0.1) is 12.6 Å². The maximum atomic E-state index is 11.2. The second-order valence-electron chi connectivity index (χ2n) is 3.58. The van der Waals surface area contributed by atoms with E-state index in [4.69, 9.17) is 33.0 Å². The van der Waals surface area contributed by atoms with Crippen LogP contribution in [-0.2, 0) is 5.88 Å². The molecule has 1 N–H and O–H groups in total. The first-order valence-electron chi connectivity index (χ1n) is 5.04. The zero-order valence-corrected chi connectivity index (χ0v) is 10.9. The highest BCUT2D eigenvalue weighted by Gasteiger charge is 2.19. The lowest BCUT2D eigenvalue weighted by Gasteiger charge is -2.10. The third kappa shape index (κ3) is 2.09. The molecular formula is C12H9Cl2NO3. The number of fused-ring (bicyclic) bond motifs is 1. The van der Waals surface area contributed by atoms with Crippen molar-refractivity contribution in [3.63, 3.8) is 0 Å². The summed E-state index contributed by atoms with van der Waals surface area (Å²) in [6, 6.07) is 5.13. The van der Waals surface area contributed by atoms with Crippen molar-refractivity contribution in [1.29, 1.82) is 0 Å². The van der Waals surface area contributed by atoms with Crippen LogP contribution in [0.25, 0.3) is 10.9 Å². The number of carboxylic acids is 1. The number of benzene rings is 1. The van der Waals surface area contributed by atoms with Crippen LogP contribution in [0.2, 0.25) is 5.15 Å². The fourth-order valence-corrected chi connectivity index (χ4v) is 2.32. The van der Waals surface area contributed by atoms with E-state index in [-0.39, 0.29) is 16.6 Å². The summed E-state index contributed by atoms with van der Waals surface area (Å²) >= 11 is 11.7. The molecule has 2 rings (SSSR count). The number of nitrogens with zero attached hydrogens (tertiary/aromatic N) is 1. The molecule has 94 valence electrons. The largest absolute Gasteiger partial charge is 0.497 e. The van der Waals surface area contributed by atoms with Gasteiger partial charge in [-0.1, -0.05) is 11.6 Å². The fourth-order valence-electron chi connectivity index (χ4n) is 1.76. The molecular weight excluding hydrogens is 277 g/mol. The van der Waals surface area contributed by atoms with Gasteiger partial charge in [0, 0.05) is 11.3 Å². The molecule has 0 aliphatic carbocycles. The molecule has 0 aliphatic heterocycles. The van der Waals surface area contributed by atoms with Crippen LogP contribution in [-0.4, -0.2) is 23.2 Å². The molecule has 0 fully saturated rings. The van der Waals surface area contributed by atoms with Crippen molar-refractivity contribution in [2.45, 2.75) is 5.88 Å². The van der Waals surface area contributed by atoms with E-state index in [1.54, 1.807) is 18.2 Å². The Kier molecular flexibility index (Phi) is 3.59. The first-order valence-corrected chi connectivity index (χ1v) is 5.95. The van der Waals surface area contributed by atoms with Crippen LogP contribution in [0.3, 0.4) is 0 Å². The lowest BCUT2D eigenvalue weighted by molar-refractivity contribution is 0.0696. The van der Waals surface area contributed by atoms with Gasteiger partial charge in [-0.05, 0) is 23.8 Å². The predicted molar refractivity (Wildman–Crippen MR) is 69.8 cm³/mol. The maximum absolute atomic E-state index is 11.2. The van der Waals surface area contributed by atoms with Crippen molar-refractivity contribution in [2.24, 2.45) is 0 Å². The first-order chi connectivity index (χ1) is 8.58. The summed E-state index contributed by atoms with van der Waals surface area (Å²) in [6.45, 7) is 0. The minimum Gasteiger partial charge on any atom is -0.497 e. The monoisotopic (exact) mass is 285 g/mol. The number of hydrogen-bond acceptors (Lipinski definition) is 3. The minimum atomic E-state index is -1.15. The van der Waals surface area contributed by atoms with E-state index in [9.17, 15) is 4.79 Å². The Morgan fingerprint density at radius 3 is 2.78 bits per heavy atom. The van der Waals surface area contributed by atoms with E-state index in [2.05, 4.69) is 4.98 Å². The molecule has 0 saturated carbocycles. The van der Waals surface area contributed by atoms with Gasteiger partial charge in [-0.25, -0.2) is 9.78 Å². The van der Waals surface area contributed by atoms with Gasteiger partial charge in [0.25, 0.3) is 0 Å². The molecule has 4 nitrogen and oxygen atoms in total. The Balaban J connectivity index is 2.86. The summed E-state index contributed by atoms with van der Waals surface area (Å²) in [5, 5.41) is 9.72. The third-order valence-electron chi connectivity index (χ3n) is 2.60. The van der Waals surface area contributed by atoms with E-state index < -0.39 is 5.97 Å².